The molecule has 6 aromatic rings. The Morgan fingerprint density at radius 3 is 1.87 bits per heavy atom. The highest BCUT2D eigenvalue weighted by Crippen LogP contribution is 2.46. The molecule has 6 aliphatic rings. The number of hydrogen-bond donors (Lipinski definition) is 5. The van der Waals surface area contributed by atoms with Crippen LogP contribution in [0.2, 0.25) is 5.15 Å². The van der Waals surface area contributed by atoms with E-state index in [4.69, 9.17) is 16.6 Å². The van der Waals surface area contributed by atoms with E-state index >= 15 is 0 Å². The molecule has 12 nitrogen and oxygen atoms in total. The smallest absolute Gasteiger partial charge is 0.253 e. The summed E-state index contributed by atoms with van der Waals surface area (Å²) in [6.07, 6.45) is 7.26. The highest BCUT2D eigenvalue weighted by atomic mass is 35.5. The first kappa shape index (κ1) is 39.7. The fourth-order valence-corrected chi connectivity index (χ4v) is 11.1. The van der Waals surface area contributed by atoms with Crippen molar-refractivity contribution < 1.29 is 14.4 Å². The number of benzene rings is 2. The summed E-state index contributed by atoms with van der Waals surface area (Å²) in [5, 5.41) is 9.80. The average Bonchev–Trinajstić information content (AvgIpc) is 3.90. The number of carbonyl (C=O) groups is 3. The number of pyridine rings is 2. The van der Waals surface area contributed by atoms with Gasteiger partial charge >= 0.3 is 0 Å². The van der Waals surface area contributed by atoms with Crippen LogP contribution in [0.15, 0.2) is 79.1 Å². The largest absolute Gasteiger partial charge is 0.357 e. The topological polar surface area (TPSA) is 151 Å². The lowest BCUT2D eigenvalue weighted by Gasteiger charge is -2.51. The van der Waals surface area contributed by atoms with E-state index in [0.29, 0.717) is 23.8 Å². The fourth-order valence-electron chi connectivity index (χ4n) is 11.0. The number of fused-ring (bicyclic) bond motifs is 12. The summed E-state index contributed by atoms with van der Waals surface area (Å²) in [6, 6.07) is 21.5. The highest BCUT2D eigenvalue weighted by Gasteiger charge is 2.52. The van der Waals surface area contributed by atoms with Gasteiger partial charge in [0.15, 0.2) is 0 Å². The quantitative estimate of drug-likeness (QED) is 0.125. The van der Waals surface area contributed by atoms with Gasteiger partial charge in [-0.05, 0) is 90.9 Å². The molecule has 12 rings (SSSR count). The first-order valence-corrected chi connectivity index (χ1v) is 22.6. The summed E-state index contributed by atoms with van der Waals surface area (Å²) in [7, 11) is 0. The number of nitrogens with zero attached hydrogens (tertiary/aromatic N) is 4. The molecule has 2 aliphatic carbocycles. The summed E-state index contributed by atoms with van der Waals surface area (Å²) < 4.78 is 0. The first-order valence-electron chi connectivity index (χ1n) is 22.2. The van der Waals surface area contributed by atoms with Gasteiger partial charge in [0.25, 0.3) is 17.7 Å². The Kier molecular flexibility index (Phi) is 9.67. The van der Waals surface area contributed by atoms with Crippen molar-refractivity contribution in [1.82, 2.24) is 45.7 Å². The number of likely N-dealkylation sites (tertiary alicyclic amines) is 2. The zero-order chi connectivity index (χ0) is 43.0. The van der Waals surface area contributed by atoms with Crippen LogP contribution in [0, 0.1) is 0 Å². The summed E-state index contributed by atoms with van der Waals surface area (Å²) in [5.41, 5.74) is 16.3. The Morgan fingerprint density at radius 2 is 1.29 bits per heavy atom. The number of amides is 3. The molecule has 63 heavy (non-hydrogen) atoms. The number of rotatable bonds is 6. The molecule has 2 fully saturated rings. The summed E-state index contributed by atoms with van der Waals surface area (Å²) >= 11 is 6.12. The minimum Gasteiger partial charge on any atom is -0.357 e. The number of aryl methyl sites for hydroxylation is 2. The lowest BCUT2D eigenvalue weighted by Crippen LogP contribution is -2.66. The lowest BCUT2D eigenvalue weighted by atomic mass is 9.72. The Hall–Kier alpha value is -6.08. The third-order valence-corrected chi connectivity index (χ3v) is 14.6. The van der Waals surface area contributed by atoms with Gasteiger partial charge in [0.1, 0.15) is 5.15 Å². The van der Waals surface area contributed by atoms with Gasteiger partial charge in [0.2, 0.25) is 0 Å². The van der Waals surface area contributed by atoms with Gasteiger partial charge in [-0.15, -0.1) is 0 Å². The predicted octanol–water partition coefficient (Wildman–Crippen LogP) is 6.23. The molecule has 0 unspecified atom stereocenters. The minimum absolute atomic E-state index is 0.0337. The zero-order valence-corrected chi connectivity index (χ0v) is 36.3. The maximum atomic E-state index is 13.0. The molecule has 320 valence electrons. The van der Waals surface area contributed by atoms with E-state index in [-0.39, 0.29) is 28.6 Å². The molecular formula is C50H50ClN9O3. The highest BCUT2D eigenvalue weighted by molar-refractivity contribution is 6.29. The van der Waals surface area contributed by atoms with E-state index in [0.717, 1.165) is 144 Å². The third kappa shape index (κ3) is 6.60. The van der Waals surface area contributed by atoms with E-state index in [1.165, 1.54) is 11.1 Å². The molecule has 2 saturated heterocycles. The number of hydrogen-bond acceptors (Lipinski definition) is 7. The average molecular weight is 860 g/mol. The maximum absolute atomic E-state index is 13.0. The number of nitrogens with one attached hydrogen (secondary N) is 5. The van der Waals surface area contributed by atoms with Gasteiger partial charge in [-0.2, -0.15) is 0 Å². The third-order valence-electron chi connectivity index (χ3n) is 14.4. The molecule has 13 heteroatoms. The molecule has 4 aliphatic heterocycles. The van der Waals surface area contributed by atoms with Gasteiger partial charge < -0.3 is 35.7 Å². The van der Waals surface area contributed by atoms with Gasteiger partial charge in [-0.1, -0.05) is 67.9 Å². The van der Waals surface area contributed by atoms with Crippen molar-refractivity contribution in [2.75, 3.05) is 52.4 Å². The zero-order valence-electron chi connectivity index (χ0n) is 35.6. The van der Waals surface area contributed by atoms with Crippen LogP contribution >= 0.6 is 11.6 Å². The molecule has 3 amide bonds. The Bertz CT molecular complexity index is 2830. The standard InChI is InChI=1S/C32H31N5O2.C18H19ClN4O/c1-2-37-18-32(19-37)17-35-31(39)27-24-12-11-23-16-33-26(14-25(23)28(24)36-29(27)32)21-9-6-10-22(13-21)30(38)34-15-20-7-4-3-5-8-20;1-2-23-8-18(9-23)7-21-17(24)14-11-4-3-10-6-20-13(19)5-12(10)15(11)22-16(14)18/h3-10,13-14,16,36H,2,11-12,15,17-19H2,1H3,(H,34,38)(H,35,39);5-6,22H,2-4,7-9H2,1H3,(H,21,24). The van der Waals surface area contributed by atoms with Crippen LogP contribution in [0.3, 0.4) is 0 Å². The van der Waals surface area contributed by atoms with Crippen molar-refractivity contribution in [2.24, 2.45) is 0 Å². The summed E-state index contributed by atoms with van der Waals surface area (Å²) in [4.78, 5) is 59.7. The minimum atomic E-state index is -0.115. The molecule has 0 saturated carbocycles. The van der Waals surface area contributed by atoms with Crippen molar-refractivity contribution >= 4 is 29.3 Å². The van der Waals surface area contributed by atoms with Crippen LogP contribution in [0.1, 0.15) is 84.1 Å². The predicted molar refractivity (Wildman–Crippen MR) is 243 cm³/mol. The van der Waals surface area contributed by atoms with Crippen LogP contribution in [0.5, 0.6) is 0 Å². The molecule has 2 aromatic carbocycles. The van der Waals surface area contributed by atoms with Crippen molar-refractivity contribution in [2.45, 2.75) is 56.9 Å². The van der Waals surface area contributed by atoms with E-state index in [1.54, 1.807) is 0 Å². The van der Waals surface area contributed by atoms with Gasteiger partial charge in [0, 0.05) is 91.8 Å². The number of carbonyl (C=O) groups excluding carboxylic acids is 3. The molecule has 0 atom stereocenters. The van der Waals surface area contributed by atoms with E-state index in [9.17, 15) is 14.4 Å². The number of H-pyrrole nitrogens is 2. The van der Waals surface area contributed by atoms with Crippen molar-refractivity contribution in [3.05, 3.63) is 140 Å². The Labute approximate surface area is 371 Å². The monoisotopic (exact) mass is 859 g/mol. The normalized spacial score (nSPS) is 18.5. The van der Waals surface area contributed by atoms with Crippen molar-refractivity contribution in [1.29, 1.82) is 0 Å². The maximum Gasteiger partial charge on any atom is 0.253 e. The molecule has 5 N–H and O–H groups in total. The number of likely N-dealkylation sites (N-methyl/N-ethyl adjacent to an activating group) is 2. The first-order chi connectivity index (χ1) is 30.7. The van der Waals surface area contributed by atoms with Crippen molar-refractivity contribution in [3.63, 3.8) is 0 Å². The molecule has 2 spiro atoms. The molecule has 8 heterocycles. The van der Waals surface area contributed by atoms with Crippen LogP contribution in [-0.2, 0) is 43.1 Å². The van der Waals surface area contributed by atoms with E-state index in [2.05, 4.69) is 60.6 Å². The second-order valence-corrected chi connectivity index (χ2v) is 18.5. The SMILES string of the molecule is CCN1CC2(CNC(=O)c3c2[nH]c2c3CCc3cnc(-c4cccc(C(=O)NCc5ccccc5)c4)cc3-2)C1.CCN1CC2(CNC(=O)c3c2[nH]c2c3CCc3cnc(Cl)cc3-2)C1. The summed E-state index contributed by atoms with van der Waals surface area (Å²) in [6.45, 7) is 12.2. The van der Waals surface area contributed by atoms with Crippen LogP contribution in [-0.4, -0.2) is 99.8 Å². The second kappa shape index (κ2) is 15.3. The number of aromatic amines is 2. The van der Waals surface area contributed by atoms with Gasteiger partial charge in [-0.3, -0.25) is 19.4 Å². The van der Waals surface area contributed by atoms with Gasteiger partial charge in [-0.25, -0.2) is 4.98 Å². The van der Waals surface area contributed by atoms with Gasteiger partial charge in [0.05, 0.1) is 39.0 Å². The van der Waals surface area contributed by atoms with Crippen LogP contribution < -0.4 is 16.0 Å². The Morgan fingerprint density at radius 1 is 0.714 bits per heavy atom. The lowest BCUT2D eigenvalue weighted by molar-refractivity contribution is 0.0553. The Balaban J connectivity index is 0.000000158. The van der Waals surface area contributed by atoms with E-state index in [1.807, 2.05) is 73.1 Å². The molecular weight excluding hydrogens is 810 g/mol. The molecule has 0 bridgehead atoms. The summed E-state index contributed by atoms with van der Waals surface area (Å²) in [5.74, 6) is -0.0161. The van der Waals surface area contributed by atoms with Crippen LogP contribution in [0.25, 0.3) is 33.8 Å². The number of aromatic nitrogens is 4. The van der Waals surface area contributed by atoms with Crippen molar-refractivity contribution in [3.8, 4) is 33.8 Å². The van der Waals surface area contributed by atoms with E-state index < -0.39 is 0 Å². The van der Waals surface area contributed by atoms with Crippen LogP contribution in [0.4, 0.5) is 0 Å². The second-order valence-electron chi connectivity index (χ2n) is 18.1. The number of halogens is 1. The fraction of sp³-hybridized carbons (Fsp3) is 0.340. The molecule has 4 aromatic heterocycles. The molecule has 0 radical (unpaired) electrons.